The summed E-state index contributed by atoms with van der Waals surface area (Å²) in [5.74, 6) is 0.386. The van der Waals surface area contributed by atoms with Crippen molar-refractivity contribution in [3.8, 4) is 5.75 Å². The van der Waals surface area contributed by atoms with E-state index >= 15 is 0 Å². The van der Waals surface area contributed by atoms with Crippen LogP contribution in [0.15, 0.2) is 46.7 Å². The highest BCUT2D eigenvalue weighted by Gasteiger charge is 2.28. The predicted molar refractivity (Wildman–Crippen MR) is 101 cm³/mol. The van der Waals surface area contributed by atoms with Crippen molar-refractivity contribution in [1.29, 1.82) is 0 Å². The zero-order valence-electron chi connectivity index (χ0n) is 14.6. The maximum absolute atomic E-state index is 12.5. The number of sulfonamides is 1. The first-order valence-corrected chi connectivity index (χ1v) is 10.8. The fraction of sp³-hybridized carbons (Fsp3) is 0.389. The molecule has 1 amide bonds. The Morgan fingerprint density at radius 2 is 1.88 bits per heavy atom. The van der Waals surface area contributed by atoms with Gasteiger partial charge in [0.1, 0.15) is 9.96 Å². The summed E-state index contributed by atoms with van der Waals surface area (Å²) in [6.45, 7) is 3.13. The van der Waals surface area contributed by atoms with E-state index < -0.39 is 16.1 Å². The van der Waals surface area contributed by atoms with Crippen molar-refractivity contribution in [2.75, 3.05) is 13.1 Å². The fourth-order valence-corrected chi connectivity index (χ4v) is 5.69. The smallest absolute Gasteiger partial charge is 0.261 e. The number of hydrogen-bond acceptors (Lipinski definition) is 5. The van der Waals surface area contributed by atoms with Gasteiger partial charge in [-0.2, -0.15) is 4.31 Å². The second-order valence-corrected chi connectivity index (χ2v) is 9.46. The highest BCUT2D eigenvalue weighted by molar-refractivity contribution is 7.91. The number of hydrogen-bond donors (Lipinski definition) is 1. The van der Waals surface area contributed by atoms with Crippen LogP contribution in [0.3, 0.4) is 0 Å². The highest BCUT2D eigenvalue weighted by atomic mass is 32.2. The topological polar surface area (TPSA) is 75.7 Å². The number of benzene rings is 1. The molecule has 0 saturated carbocycles. The van der Waals surface area contributed by atoms with E-state index in [2.05, 4.69) is 5.32 Å². The molecule has 1 unspecified atom stereocenters. The van der Waals surface area contributed by atoms with E-state index in [0.29, 0.717) is 23.0 Å². The van der Waals surface area contributed by atoms with Crippen molar-refractivity contribution in [3.05, 3.63) is 47.3 Å². The summed E-state index contributed by atoms with van der Waals surface area (Å²) in [5.41, 5.74) is 0. The summed E-state index contributed by atoms with van der Waals surface area (Å²) in [4.78, 5) is 13.0. The highest BCUT2D eigenvalue weighted by Crippen LogP contribution is 2.27. The van der Waals surface area contributed by atoms with Crippen LogP contribution in [0.25, 0.3) is 0 Å². The van der Waals surface area contributed by atoms with Gasteiger partial charge in [-0.1, -0.05) is 18.2 Å². The van der Waals surface area contributed by atoms with E-state index in [-0.39, 0.29) is 12.5 Å². The monoisotopic (exact) mass is 394 g/mol. The van der Waals surface area contributed by atoms with Gasteiger partial charge in [0, 0.05) is 18.0 Å². The average molecular weight is 395 g/mol. The number of ether oxygens (including phenoxy) is 1. The van der Waals surface area contributed by atoms with Gasteiger partial charge in [0.2, 0.25) is 0 Å². The van der Waals surface area contributed by atoms with E-state index in [1.165, 1.54) is 15.6 Å². The first kappa shape index (κ1) is 18.9. The summed E-state index contributed by atoms with van der Waals surface area (Å²) in [6, 6.07) is 12.5. The van der Waals surface area contributed by atoms with Crippen molar-refractivity contribution in [1.82, 2.24) is 9.62 Å². The van der Waals surface area contributed by atoms with Gasteiger partial charge in [-0.25, -0.2) is 8.42 Å². The lowest BCUT2D eigenvalue weighted by Gasteiger charge is -2.14. The molecule has 1 N–H and O–H groups in total. The summed E-state index contributed by atoms with van der Waals surface area (Å²) in [7, 11) is -3.40. The third kappa shape index (κ3) is 4.44. The molecular weight excluding hydrogens is 372 g/mol. The molecule has 0 spiro atoms. The Morgan fingerprint density at radius 1 is 1.19 bits per heavy atom. The lowest BCUT2D eigenvalue weighted by atomic mass is 10.3. The minimum atomic E-state index is -3.40. The number of carbonyl (C=O) groups excluding carboxylic acids is 1. The molecule has 1 fully saturated rings. The SMILES string of the molecule is CC(Oc1ccccc1)C(=O)NCc1ccc(S(=O)(=O)N2CCCC2)s1. The molecule has 1 aliphatic heterocycles. The Hall–Kier alpha value is -1.90. The molecule has 1 aromatic heterocycles. The zero-order valence-corrected chi connectivity index (χ0v) is 16.2. The van der Waals surface area contributed by atoms with Crippen molar-refractivity contribution in [2.24, 2.45) is 0 Å². The van der Waals surface area contributed by atoms with Gasteiger partial charge in [-0.15, -0.1) is 11.3 Å². The Balaban J connectivity index is 1.55. The fourth-order valence-electron chi connectivity index (χ4n) is 2.72. The largest absolute Gasteiger partial charge is 0.481 e. The third-order valence-corrected chi connectivity index (χ3v) is 7.61. The van der Waals surface area contributed by atoms with E-state index in [4.69, 9.17) is 4.74 Å². The van der Waals surface area contributed by atoms with Gasteiger partial charge in [0.25, 0.3) is 15.9 Å². The summed E-state index contributed by atoms with van der Waals surface area (Å²) in [5, 5.41) is 2.79. The van der Waals surface area contributed by atoms with Gasteiger partial charge in [0.05, 0.1) is 6.54 Å². The molecule has 0 bridgehead atoms. The van der Waals surface area contributed by atoms with E-state index in [0.717, 1.165) is 17.7 Å². The Labute approximate surface area is 157 Å². The molecule has 1 atom stereocenters. The summed E-state index contributed by atoms with van der Waals surface area (Å²) < 4.78 is 32.5. The molecule has 3 rings (SSSR count). The maximum atomic E-state index is 12.5. The Bertz CT molecular complexity index is 843. The standard InChI is InChI=1S/C18H22N2O4S2/c1-14(24-15-7-3-2-4-8-15)18(21)19-13-16-9-10-17(25-16)26(22,23)20-11-5-6-12-20/h2-4,7-10,14H,5-6,11-13H2,1H3,(H,19,21). The van der Waals surface area contributed by atoms with Gasteiger partial charge >= 0.3 is 0 Å². The van der Waals surface area contributed by atoms with Gasteiger partial charge in [0.15, 0.2) is 6.10 Å². The number of nitrogens with one attached hydrogen (secondary N) is 1. The van der Waals surface area contributed by atoms with Gasteiger partial charge in [-0.05, 0) is 44.0 Å². The number of para-hydroxylation sites is 1. The minimum Gasteiger partial charge on any atom is -0.481 e. The lowest BCUT2D eigenvalue weighted by Crippen LogP contribution is -2.35. The number of thiophene rings is 1. The van der Waals surface area contributed by atoms with Gasteiger partial charge in [-0.3, -0.25) is 4.79 Å². The normalized spacial score (nSPS) is 16.3. The van der Waals surface area contributed by atoms with Crippen molar-refractivity contribution < 1.29 is 17.9 Å². The molecule has 140 valence electrons. The molecule has 1 saturated heterocycles. The first-order valence-electron chi connectivity index (χ1n) is 8.55. The second-order valence-electron chi connectivity index (χ2n) is 6.12. The van der Waals surface area contributed by atoms with Crippen LogP contribution in [0.5, 0.6) is 5.75 Å². The van der Waals surface area contributed by atoms with Crippen molar-refractivity contribution in [3.63, 3.8) is 0 Å². The molecule has 6 nitrogen and oxygen atoms in total. The zero-order chi connectivity index (χ0) is 18.6. The molecule has 0 aliphatic carbocycles. The summed E-state index contributed by atoms with van der Waals surface area (Å²) in [6.07, 6.45) is 1.18. The van der Waals surface area contributed by atoms with Crippen LogP contribution in [0.4, 0.5) is 0 Å². The molecule has 1 aliphatic rings. The summed E-state index contributed by atoms with van der Waals surface area (Å²) >= 11 is 1.20. The predicted octanol–water partition coefficient (Wildman–Crippen LogP) is 2.62. The molecule has 2 heterocycles. The molecule has 1 aromatic carbocycles. The maximum Gasteiger partial charge on any atom is 0.261 e. The van der Waals surface area contributed by atoms with E-state index in [1.807, 2.05) is 18.2 Å². The van der Waals surface area contributed by atoms with Gasteiger partial charge < -0.3 is 10.1 Å². The van der Waals surface area contributed by atoms with Crippen LogP contribution in [-0.4, -0.2) is 37.8 Å². The van der Waals surface area contributed by atoms with Crippen LogP contribution < -0.4 is 10.1 Å². The molecular formula is C18H22N2O4S2. The number of rotatable bonds is 7. The van der Waals surface area contributed by atoms with E-state index in [1.54, 1.807) is 31.2 Å². The number of amides is 1. The minimum absolute atomic E-state index is 0.244. The van der Waals surface area contributed by atoms with Crippen LogP contribution in [0.2, 0.25) is 0 Å². The average Bonchev–Trinajstić information content (AvgIpc) is 3.32. The lowest BCUT2D eigenvalue weighted by molar-refractivity contribution is -0.127. The van der Waals surface area contributed by atoms with E-state index in [9.17, 15) is 13.2 Å². The van der Waals surface area contributed by atoms with Crippen LogP contribution in [0.1, 0.15) is 24.6 Å². The Morgan fingerprint density at radius 3 is 2.58 bits per heavy atom. The second kappa shape index (κ2) is 8.20. The van der Waals surface area contributed by atoms with Crippen LogP contribution in [-0.2, 0) is 21.4 Å². The van der Waals surface area contributed by atoms with Crippen molar-refractivity contribution in [2.45, 2.75) is 36.6 Å². The molecule has 8 heteroatoms. The van der Waals surface area contributed by atoms with Crippen molar-refractivity contribution >= 4 is 27.3 Å². The molecule has 2 aromatic rings. The van der Waals surface area contributed by atoms with Crippen LogP contribution in [0, 0.1) is 0 Å². The Kier molecular flexibility index (Phi) is 5.95. The molecule has 26 heavy (non-hydrogen) atoms. The van der Waals surface area contributed by atoms with Crippen LogP contribution >= 0.6 is 11.3 Å². The molecule has 0 radical (unpaired) electrons. The number of carbonyl (C=O) groups is 1. The number of nitrogens with zero attached hydrogens (tertiary/aromatic N) is 1. The third-order valence-electron chi connectivity index (χ3n) is 4.16. The quantitative estimate of drug-likeness (QED) is 0.783. The first-order chi connectivity index (χ1) is 12.5.